The van der Waals surface area contributed by atoms with Gasteiger partial charge in [-0.3, -0.25) is 0 Å². The predicted molar refractivity (Wildman–Crippen MR) is 202 cm³/mol. The van der Waals surface area contributed by atoms with Crippen molar-refractivity contribution in [1.29, 1.82) is 0 Å². The van der Waals surface area contributed by atoms with Gasteiger partial charge in [-0.25, -0.2) is 0 Å². The molecule has 0 unspecified atom stereocenters. The van der Waals surface area contributed by atoms with E-state index in [4.69, 9.17) is 11.6 Å². The standard InChI is InChI=1S/C21H25.C13H10.C11H8Cl.Hf/c1-20(2,3)16-7-9-18-14(12-16)11-15-13-17(21(4,5)6)8-10-19(15)18;1-3-7-12(8-4-1)11-13-9-5-2-6-10-13;12-11-8-4-3-7-10(11)9-5-1-2-6-9;/h7-13H,1-6H3;1-10H;1,3-5,7-8H,2H2;/q-1;;-1;+2. The third-order valence-corrected chi connectivity index (χ3v) is 10.8. The molecule has 47 heavy (non-hydrogen) atoms. The number of halogens is 1. The third-order valence-electron chi connectivity index (χ3n) is 8.42. The second kappa shape index (κ2) is 15.1. The molecule has 0 aliphatic heterocycles. The van der Waals surface area contributed by atoms with E-state index in [0.717, 1.165) is 46.5 Å². The maximum atomic E-state index is 6.01. The number of rotatable bonds is 3. The molecule has 7 rings (SSSR count). The van der Waals surface area contributed by atoms with Gasteiger partial charge in [0.15, 0.2) is 0 Å². The summed E-state index contributed by atoms with van der Waals surface area (Å²) in [6.45, 7) is 13.6. The van der Waals surface area contributed by atoms with Gasteiger partial charge >= 0.3 is 98.9 Å². The fraction of sp³-hybridized carbons (Fsp3) is 0.200. The summed E-state index contributed by atoms with van der Waals surface area (Å²) in [5, 5.41) is 6.27. The summed E-state index contributed by atoms with van der Waals surface area (Å²) in [7, 11) is 0. The predicted octanol–water partition coefficient (Wildman–Crippen LogP) is 12.6. The van der Waals surface area contributed by atoms with Crippen LogP contribution >= 0.6 is 11.6 Å². The van der Waals surface area contributed by atoms with E-state index in [1.165, 1.54) is 47.1 Å². The van der Waals surface area contributed by atoms with Crippen molar-refractivity contribution >= 4 is 42.0 Å². The molecule has 0 saturated heterocycles. The molecule has 0 heterocycles. The van der Waals surface area contributed by atoms with Crippen LogP contribution < -0.4 is 0 Å². The summed E-state index contributed by atoms with van der Waals surface area (Å²) in [6, 6.07) is 45.2. The molecular formula is C45H43ClHf. The molecule has 6 aromatic rings. The summed E-state index contributed by atoms with van der Waals surface area (Å²) in [5.41, 5.74) is 8.11. The van der Waals surface area contributed by atoms with E-state index < -0.39 is 0 Å². The molecule has 234 valence electrons. The minimum absolute atomic E-state index is 0.203. The summed E-state index contributed by atoms with van der Waals surface area (Å²) in [5.74, 6) is 0. The average Bonchev–Trinajstić information content (AvgIpc) is 3.73. The Bertz CT molecular complexity index is 1920. The molecule has 0 aromatic heterocycles. The van der Waals surface area contributed by atoms with Crippen LogP contribution in [0.5, 0.6) is 0 Å². The molecule has 2 heteroatoms. The van der Waals surface area contributed by atoms with Crippen molar-refractivity contribution in [1.82, 2.24) is 0 Å². The summed E-state index contributed by atoms with van der Waals surface area (Å²) in [6.07, 6.45) is 8.28. The van der Waals surface area contributed by atoms with Gasteiger partial charge in [-0.2, -0.15) is 17.7 Å². The number of fused-ring (bicyclic) bond motifs is 3. The molecule has 0 saturated carbocycles. The van der Waals surface area contributed by atoms with E-state index >= 15 is 0 Å². The summed E-state index contributed by atoms with van der Waals surface area (Å²) in [4.78, 5) is 0. The fourth-order valence-electron chi connectivity index (χ4n) is 5.60. The molecule has 1 aliphatic carbocycles. The quantitative estimate of drug-likeness (QED) is 0.124. The van der Waals surface area contributed by atoms with E-state index in [1.807, 2.05) is 24.3 Å². The number of hydrogen-bond acceptors (Lipinski definition) is 0. The first-order chi connectivity index (χ1) is 22.4. The first-order valence-electron chi connectivity index (χ1n) is 16.3. The van der Waals surface area contributed by atoms with Crippen LogP contribution in [0.15, 0.2) is 140 Å². The monoisotopic (exact) mass is 798 g/mol. The molecule has 0 N–H and O–H groups in total. The fourth-order valence-corrected chi connectivity index (χ4v) is 7.04. The zero-order valence-corrected chi connectivity index (χ0v) is 32.7. The van der Waals surface area contributed by atoms with Crippen LogP contribution in [0, 0.1) is 6.08 Å². The van der Waals surface area contributed by atoms with Crippen molar-refractivity contribution < 1.29 is 23.9 Å². The van der Waals surface area contributed by atoms with Crippen molar-refractivity contribution in [3.05, 3.63) is 178 Å². The Morgan fingerprint density at radius 1 is 0.638 bits per heavy atom. The topological polar surface area (TPSA) is 0 Å². The Morgan fingerprint density at radius 3 is 1.53 bits per heavy atom. The maximum absolute atomic E-state index is 6.01. The van der Waals surface area contributed by atoms with Crippen molar-refractivity contribution in [3.63, 3.8) is 0 Å². The van der Waals surface area contributed by atoms with Gasteiger partial charge in [0, 0.05) is 0 Å². The summed E-state index contributed by atoms with van der Waals surface area (Å²) >= 11 is 7.09. The van der Waals surface area contributed by atoms with E-state index in [0.29, 0.717) is 0 Å². The molecule has 0 nitrogen and oxygen atoms in total. The normalized spacial score (nSPS) is 12.7. The van der Waals surface area contributed by atoms with E-state index in [1.54, 1.807) is 0 Å². The van der Waals surface area contributed by atoms with Crippen molar-refractivity contribution in [2.24, 2.45) is 0 Å². The zero-order valence-electron chi connectivity index (χ0n) is 28.4. The van der Waals surface area contributed by atoms with Crippen LogP contribution in [0.3, 0.4) is 0 Å². The van der Waals surface area contributed by atoms with Gasteiger partial charge in [-0.05, 0) is 15.9 Å². The van der Waals surface area contributed by atoms with Crippen LogP contribution in [0.4, 0.5) is 0 Å². The van der Waals surface area contributed by atoms with E-state index in [2.05, 4.69) is 163 Å². The Balaban J connectivity index is 0.000000145. The van der Waals surface area contributed by atoms with Gasteiger partial charge in [0.1, 0.15) is 0 Å². The van der Waals surface area contributed by atoms with Crippen LogP contribution in [0.1, 0.15) is 75.8 Å². The number of hydrogen-bond donors (Lipinski definition) is 0. The molecule has 0 atom stereocenters. The van der Waals surface area contributed by atoms with Gasteiger partial charge < -0.3 is 0 Å². The number of benzene rings is 5. The Morgan fingerprint density at radius 2 is 1.11 bits per heavy atom. The molecule has 0 fully saturated rings. The number of allylic oxidation sites excluding steroid dienone is 4. The van der Waals surface area contributed by atoms with Gasteiger partial charge in [-0.15, -0.1) is 57.4 Å². The second-order valence-corrected chi connectivity index (χ2v) is 16.2. The van der Waals surface area contributed by atoms with Crippen molar-refractivity contribution in [2.75, 3.05) is 0 Å². The summed E-state index contributed by atoms with van der Waals surface area (Å²) < 4.78 is 1.46. The zero-order chi connectivity index (χ0) is 33.6. The third kappa shape index (κ3) is 8.89. The molecule has 0 radical (unpaired) electrons. The SMILES string of the molecule is CC(C)(C)c1ccc2c(c1)[cH-]c1cc(C(C)(C)C)ccc12.Clc1ccccc1C1=[C-]CC=C1.[Hf+2]=[C](c1ccccc1)c1ccccc1. The van der Waals surface area contributed by atoms with Gasteiger partial charge in [0.25, 0.3) is 0 Å². The average molecular weight is 798 g/mol. The van der Waals surface area contributed by atoms with Crippen LogP contribution in [0.25, 0.3) is 27.1 Å². The first kappa shape index (κ1) is 34.8. The molecule has 6 aromatic carbocycles. The second-order valence-electron chi connectivity index (χ2n) is 14.0. The van der Waals surface area contributed by atoms with Gasteiger partial charge in [0.2, 0.25) is 0 Å². The van der Waals surface area contributed by atoms with Crippen LogP contribution in [0.2, 0.25) is 5.02 Å². The molecular weight excluding hydrogens is 754 g/mol. The molecule has 1 aliphatic rings. The molecule has 0 amide bonds. The van der Waals surface area contributed by atoms with Gasteiger partial charge in [-0.1, -0.05) is 113 Å². The Kier molecular flexibility index (Phi) is 11.2. The minimum atomic E-state index is 0.203. The van der Waals surface area contributed by atoms with Crippen LogP contribution in [-0.4, -0.2) is 3.26 Å². The molecule has 0 spiro atoms. The van der Waals surface area contributed by atoms with Crippen LogP contribution in [-0.2, 0) is 34.7 Å². The first-order valence-corrected chi connectivity index (χ1v) is 18.4. The van der Waals surface area contributed by atoms with Crippen molar-refractivity contribution in [3.8, 4) is 0 Å². The van der Waals surface area contributed by atoms with E-state index in [-0.39, 0.29) is 10.8 Å². The Labute approximate surface area is 301 Å². The van der Waals surface area contributed by atoms with E-state index in [9.17, 15) is 0 Å². The molecule has 0 bridgehead atoms. The van der Waals surface area contributed by atoms with Gasteiger partial charge in [0.05, 0.1) is 0 Å². The Hall–Kier alpha value is -3.52. The van der Waals surface area contributed by atoms with Crippen molar-refractivity contribution in [2.45, 2.75) is 58.8 Å².